The van der Waals surface area contributed by atoms with Crippen LogP contribution in [0.4, 0.5) is 24.7 Å². The van der Waals surface area contributed by atoms with Crippen LogP contribution >= 0.6 is 24.8 Å². The first-order chi connectivity index (χ1) is 20.4. The Bertz CT molecular complexity index is 1840. The quantitative estimate of drug-likeness (QED) is 0.198. The Morgan fingerprint density at radius 1 is 1.02 bits per heavy atom. The zero-order valence-electron chi connectivity index (χ0n) is 22.6. The molecule has 1 amide bonds. The lowest BCUT2D eigenvalue weighted by Crippen LogP contribution is -2.45. The average molecular weight is 649 g/mol. The highest BCUT2D eigenvalue weighted by Crippen LogP contribution is 2.35. The first-order valence-electron chi connectivity index (χ1n) is 12.9. The maximum Gasteiger partial charge on any atom is 0.286 e. The number of carbonyl (C=O) groups excluding carboxylic acids is 1. The Hall–Kier alpha value is -4.66. The summed E-state index contributed by atoms with van der Waals surface area (Å²) < 4.78 is 49.8. The van der Waals surface area contributed by atoms with Crippen molar-refractivity contribution in [1.29, 1.82) is 0 Å². The van der Waals surface area contributed by atoms with Crippen LogP contribution in [-0.2, 0) is 0 Å². The molecule has 0 bridgehead atoms. The lowest BCUT2D eigenvalue weighted by molar-refractivity contribution is 0.102. The van der Waals surface area contributed by atoms with E-state index < -0.39 is 41.0 Å². The predicted molar refractivity (Wildman–Crippen MR) is 162 cm³/mol. The molecule has 2 atom stereocenters. The minimum atomic E-state index is -1.12. The molecule has 44 heavy (non-hydrogen) atoms. The third-order valence-electron chi connectivity index (χ3n) is 6.72. The highest BCUT2D eigenvalue weighted by atomic mass is 35.5. The fraction of sp³-hybridized carbons (Fsp3) is 0.179. The summed E-state index contributed by atoms with van der Waals surface area (Å²) in [5.74, 6) is -1.74. The zero-order chi connectivity index (χ0) is 29.2. The number of hydrogen-bond acceptors (Lipinski definition) is 8. The number of rotatable bonds is 7. The number of nitrogens with one attached hydrogen (secondary N) is 4. The van der Waals surface area contributed by atoms with Crippen molar-refractivity contribution in [3.63, 3.8) is 0 Å². The van der Waals surface area contributed by atoms with Crippen molar-refractivity contribution in [2.24, 2.45) is 0 Å². The maximum atomic E-state index is 15.1. The second-order valence-electron chi connectivity index (χ2n) is 9.49. The molecule has 11 nitrogen and oxygen atoms in total. The van der Waals surface area contributed by atoms with E-state index in [4.69, 9.17) is 4.74 Å². The number of pyridine rings is 1. The van der Waals surface area contributed by atoms with Crippen LogP contribution in [0.1, 0.15) is 16.9 Å². The average Bonchev–Trinajstić information content (AvgIpc) is 3.40. The van der Waals surface area contributed by atoms with Crippen LogP contribution in [0, 0.1) is 11.6 Å². The molecular weight excluding hydrogens is 624 g/mol. The molecule has 16 heteroatoms. The summed E-state index contributed by atoms with van der Waals surface area (Å²) >= 11 is 0. The third-order valence-corrected chi connectivity index (χ3v) is 6.72. The highest BCUT2D eigenvalue weighted by Gasteiger charge is 2.26. The van der Waals surface area contributed by atoms with E-state index in [9.17, 15) is 18.4 Å². The SMILES string of the molecule is Cl.Cl.O=C(Nc1ccc(Oc2ccnc3[nH]nc(N[C@H]4CCNC[C@H]4F)c23)c(F)c1)c1nccn(-c2ccc(F)cc2)c1=O. The smallest absolute Gasteiger partial charge is 0.286 e. The molecular formula is C28H25Cl2F3N8O3. The van der Waals surface area contributed by atoms with Gasteiger partial charge in [0.1, 0.15) is 23.1 Å². The van der Waals surface area contributed by atoms with Crippen LogP contribution in [0.5, 0.6) is 11.5 Å². The van der Waals surface area contributed by atoms with Crippen molar-refractivity contribution in [2.45, 2.75) is 18.6 Å². The summed E-state index contributed by atoms with van der Waals surface area (Å²) in [7, 11) is 0. The Labute approximate surface area is 260 Å². The maximum absolute atomic E-state index is 15.1. The van der Waals surface area contributed by atoms with E-state index in [1.54, 1.807) is 0 Å². The van der Waals surface area contributed by atoms with E-state index in [1.165, 1.54) is 61.1 Å². The summed E-state index contributed by atoms with van der Waals surface area (Å²) in [6, 6.07) is 9.94. The Kier molecular flexibility index (Phi) is 10.1. The second-order valence-corrected chi connectivity index (χ2v) is 9.49. The zero-order valence-corrected chi connectivity index (χ0v) is 24.2. The van der Waals surface area contributed by atoms with Gasteiger partial charge in [0.15, 0.2) is 28.7 Å². The van der Waals surface area contributed by atoms with E-state index in [1.807, 2.05) is 0 Å². The monoisotopic (exact) mass is 648 g/mol. The normalized spacial score (nSPS) is 16.0. The summed E-state index contributed by atoms with van der Waals surface area (Å²) in [5, 5.41) is 15.9. The number of piperidine rings is 1. The van der Waals surface area contributed by atoms with Gasteiger partial charge in [0.25, 0.3) is 11.5 Å². The molecule has 1 saturated heterocycles. The minimum Gasteiger partial charge on any atom is -0.453 e. The molecule has 1 fully saturated rings. The van der Waals surface area contributed by atoms with Crippen LogP contribution in [0.2, 0.25) is 0 Å². The molecule has 0 radical (unpaired) electrons. The first-order valence-corrected chi connectivity index (χ1v) is 12.9. The third kappa shape index (κ3) is 6.61. The Morgan fingerprint density at radius 3 is 2.57 bits per heavy atom. The Morgan fingerprint density at radius 2 is 1.82 bits per heavy atom. The lowest BCUT2D eigenvalue weighted by atomic mass is 10.0. The number of fused-ring (bicyclic) bond motifs is 1. The van der Waals surface area contributed by atoms with Gasteiger partial charge < -0.3 is 20.7 Å². The number of aromatic nitrogens is 5. The van der Waals surface area contributed by atoms with Crippen molar-refractivity contribution < 1.29 is 22.7 Å². The second kappa shape index (κ2) is 13.8. The van der Waals surface area contributed by atoms with Gasteiger partial charge in [-0.25, -0.2) is 23.1 Å². The van der Waals surface area contributed by atoms with Gasteiger partial charge in [-0.1, -0.05) is 0 Å². The minimum absolute atomic E-state index is 0. The van der Waals surface area contributed by atoms with Crippen molar-refractivity contribution in [2.75, 3.05) is 23.7 Å². The van der Waals surface area contributed by atoms with Gasteiger partial charge in [0.05, 0.1) is 6.04 Å². The number of benzene rings is 2. The number of amides is 1. The molecule has 0 saturated carbocycles. The molecule has 0 aliphatic carbocycles. The van der Waals surface area contributed by atoms with Crippen LogP contribution < -0.4 is 26.2 Å². The van der Waals surface area contributed by atoms with Crippen molar-refractivity contribution in [1.82, 2.24) is 30.0 Å². The van der Waals surface area contributed by atoms with Gasteiger partial charge >= 0.3 is 0 Å². The molecule has 4 N–H and O–H groups in total. The molecule has 5 aromatic rings. The number of aromatic amines is 1. The van der Waals surface area contributed by atoms with E-state index in [0.29, 0.717) is 35.5 Å². The molecule has 230 valence electrons. The number of nitrogens with zero attached hydrogens (tertiary/aromatic N) is 4. The van der Waals surface area contributed by atoms with Crippen molar-refractivity contribution in [3.8, 4) is 17.2 Å². The topological polar surface area (TPSA) is 139 Å². The number of hydrogen-bond donors (Lipinski definition) is 4. The molecule has 3 aromatic heterocycles. The van der Waals surface area contributed by atoms with E-state index in [-0.39, 0.29) is 48.5 Å². The first kappa shape index (κ1) is 32.3. The van der Waals surface area contributed by atoms with Gasteiger partial charge in [0, 0.05) is 48.6 Å². The molecule has 4 heterocycles. The molecule has 1 aliphatic heterocycles. The largest absolute Gasteiger partial charge is 0.453 e. The van der Waals surface area contributed by atoms with Gasteiger partial charge in [-0.15, -0.1) is 24.8 Å². The fourth-order valence-corrected chi connectivity index (χ4v) is 4.61. The standard InChI is InChI=1S/C28H23F3N8O3.2ClH/c29-15-1-4-17(5-2-15)39-12-11-33-24(28(39)41)27(40)35-16-3-6-21(18(30)13-16)42-22-8-10-34-25-23(22)26(38-37-25)36-20-7-9-32-14-19(20)31;;/h1-6,8,10-13,19-20,32H,7,9,14H2,(H,35,40)(H2,34,36,37,38);2*1H/t19-,20+;;/m1../s1. The number of H-pyrrole nitrogens is 1. The number of alkyl halides is 1. The van der Waals surface area contributed by atoms with Crippen LogP contribution in [0.15, 0.2) is 71.9 Å². The van der Waals surface area contributed by atoms with Crippen molar-refractivity contribution in [3.05, 3.63) is 94.8 Å². The van der Waals surface area contributed by atoms with E-state index in [2.05, 4.69) is 36.1 Å². The number of carbonyl (C=O) groups is 1. The number of ether oxygens (including phenoxy) is 1. The van der Waals surface area contributed by atoms with E-state index >= 15 is 4.39 Å². The Balaban J connectivity index is 0.00000221. The van der Waals surface area contributed by atoms with Gasteiger partial charge in [-0.05, 0) is 49.4 Å². The van der Waals surface area contributed by atoms with Gasteiger partial charge in [-0.2, -0.15) is 5.10 Å². The molecule has 1 aliphatic rings. The molecule has 6 rings (SSSR count). The van der Waals surface area contributed by atoms with Crippen LogP contribution in [0.25, 0.3) is 16.7 Å². The van der Waals surface area contributed by atoms with Crippen LogP contribution in [0.3, 0.4) is 0 Å². The van der Waals surface area contributed by atoms with Gasteiger partial charge in [-0.3, -0.25) is 19.3 Å². The number of halogens is 5. The summed E-state index contributed by atoms with van der Waals surface area (Å²) in [6.07, 6.45) is 3.48. The molecule has 2 aromatic carbocycles. The summed E-state index contributed by atoms with van der Waals surface area (Å²) in [5.41, 5.74) is -0.423. The van der Waals surface area contributed by atoms with Crippen molar-refractivity contribution >= 4 is 53.3 Å². The summed E-state index contributed by atoms with van der Waals surface area (Å²) in [4.78, 5) is 33.8. The predicted octanol–water partition coefficient (Wildman–Crippen LogP) is 4.78. The van der Waals surface area contributed by atoms with Crippen LogP contribution in [-0.4, -0.2) is 55.9 Å². The molecule has 0 spiro atoms. The van der Waals surface area contributed by atoms with E-state index in [0.717, 1.165) is 10.6 Å². The number of anilines is 2. The lowest BCUT2D eigenvalue weighted by Gasteiger charge is -2.27. The fourth-order valence-electron chi connectivity index (χ4n) is 4.61. The van der Waals surface area contributed by atoms with Gasteiger partial charge in [0.2, 0.25) is 0 Å². The molecule has 0 unspecified atom stereocenters. The highest BCUT2D eigenvalue weighted by molar-refractivity contribution is 6.02. The summed E-state index contributed by atoms with van der Waals surface area (Å²) in [6.45, 7) is 0.876.